The minimum atomic E-state index is -0.736. The molecule has 3 nitrogen and oxygen atoms in total. The van der Waals surface area contributed by atoms with Gasteiger partial charge in [0, 0.05) is 0 Å². The van der Waals surface area contributed by atoms with E-state index >= 15 is 0 Å². The molecule has 0 aliphatic heterocycles. The quantitative estimate of drug-likeness (QED) is 0.252. The van der Waals surface area contributed by atoms with Gasteiger partial charge in [-0.2, -0.15) is 0 Å². The molecule has 0 rings (SSSR count). The molecular weight excluding hydrogens is 70.0 g/mol. The zero-order valence-corrected chi connectivity index (χ0v) is 2.47. The lowest BCUT2D eigenvalue weighted by Gasteiger charge is -1.63. The number of nitrogens with zero attached hydrogens (tertiary/aromatic N) is 1. The van der Waals surface area contributed by atoms with Crippen molar-refractivity contribution in [2.24, 2.45) is 0 Å². The molecule has 0 saturated heterocycles. The molecule has 1 radical (unpaired) electrons. The normalized spacial score (nSPS) is 6.40. The van der Waals surface area contributed by atoms with E-state index in [-0.39, 0.29) is 0 Å². The maximum Gasteiger partial charge on any atom is 0.338 e. The molecule has 0 bridgehead atoms. The number of hydrogen-bond donors (Lipinski definition) is 0. The van der Waals surface area contributed by atoms with Crippen LogP contribution in [0.2, 0.25) is 0 Å². The van der Waals surface area contributed by atoms with Crippen LogP contribution in [0.5, 0.6) is 0 Å². The van der Waals surface area contributed by atoms with Crippen LogP contribution in [0, 0.1) is 16.3 Å². The van der Waals surface area contributed by atoms with Gasteiger partial charge >= 0.3 is 6.20 Å². The second-order valence-corrected chi connectivity index (χ2v) is 0.415. The zero-order valence-electron chi connectivity index (χ0n) is 2.47. The molecule has 0 fully saturated rings. The summed E-state index contributed by atoms with van der Waals surface area (Å²) in [5, 5.41) is 9.00. The third kappa shape index (κ3) is 3.14. The Morgan fingerprint density at radius 1 is 2.00 bits per heavy atom. The van der Waals surface area contributed by atoms with Gasteiger partial charge in [0.2, 0.25) is 0 Å². The van der Waals surface area contributed by atoms with Crippen molar-refractivity contribution in [3.8, 4) is 0 Å². The number of hydrogen-bond acceptors (Lipinski definition) is 2. The highest BCUT2D eigenvalue weighted by Gasteiger charge is 1.73. The van der Waals surface area contributed by atoms with Crippen LogP contribution in [-0.4, -0.2) is 4.92 Å². The first-order valence-corrected chi connectivity index (χ1v) is 0.942. The Morgan fingerprint density at radius 3 is 2.20 bits per heavy atom. The molecule has 0 saturated carbocycles. The SMILES string of the molecule is C=[C][N+](=O)[O-]. The van der Waals surface area contributed by atoms with Gasteiger partial charge in [0.25, 0.3) is 0 Å². The van der Waals surface area contributed by atoms with Crippen LogP contribution in [0.3, 0.4) is 0 Å². The van der Waals surface area contributed by atoms with Crippen molar-refractivity contribution in [1.82, 2.24) is 0 Å². The molecule has 0 N–H and O–H groups in total. The van der Waals surface area contributed by atoms with Crippen LogP contribution in [0.15, 0.2) is 6.58 Å². The summed E-state index contributed by atoms with van der Waals surface area (Å²) >= 11 is 0. The molecule has 0 spiro atoms. The third-order valence-electron chi connectivity index (χ3n) is 0.129. The van der Waals surface area contributed by atoms with Crippen molar-refractivity contribution >= 4 is 0 Å². The highest BCUT2D eigenvalue weighted by Crippen LogP contribution is 1.55. The molecule has 5 heavy (non-hydrogen) atoms. The maximum atomic E-state index is 9.00. The van der Waals surface area contributed by atoms with Crippen LogP contribution in [0.25, 0.3) is 0 Å². The third-order valence-corrected chi connectivity index (χ3v) is 0.129. The average Bonchev–Trinajstić information content (AvgIpc) is 1.38. The van der Waals surface area contributed by atoms with E-state index in [1.165, 1.54) is 6.20 Å². The van der Waals surface area contributed by atoms with E-state index in [9.17, 15) is 0 Å². The maximum absolute atomic E-state index is 9.00. The smallest absolute Gasteiger partial charge is 0.258 e. The summed E-state index contributed by atoms with van der Waals surface area (Å²) in [4.78, 5) is 8.26. The summed E-state index contributed by atoms with van der Waals surface area (Å²) in [6.45, 7) is 2.74. The Kier molecular flexibility index (Phi) is 1.21. The summed E-state index contributed by atoms with van der Waals surface area (Å²) in [5.74, 6) is 0. The van der Waals surface area contributed by atoms with E-state index in [4.69, 9.17) is 10.1 Å². The Bertz CT molecular complexity index is 58.7. The second kappa shape index (κ2) is 1.46. The van der Waals surface area contributed by atoms with Crippen molar-refractivity contribution in [3.05, 3.63) is 22.9 Å². The lowest BCUT2D eigenvalue weighted by atomic mass is 11.1. The molecule has 27 valence electrons. The molecule has 0 heterocycles. The molecule has 0 aliphatic rings. The highest BCUT2D eigenvalue weighted by atomic mass is 16.6. The Balaban J connectivity index is 3.20. The van der Waals surface area contributed by atoms with E-state index in [1.54, 1.807) is 0 Å². The Morgan fingerprint density at radius 2 is 2.20 bits per heavy atom. The van der Waals surface area contributed by atoms with Crippen LogP contribution in [0.4, 0.5) is 0 Å². The lowest BCUT2D eigenvalue weighted by molar-refractivity contribution is -0.418. The minimum Gasteiger partial charge on any atom is -0.258 e. The minimum absolute atomic E-state index is 0.736. The summed E-state index contributed by atoms with van der Waals surface area (Å²) in [7, 11) is 0. The van der Waals surface area contributed by atoms with Crippen molar-refractivity contribution in [2.45, 2.75) is 0 Å². The first-order valence-electron chi connectivity index (χ1n) is 0.942. The number of rotatable bonds is 1. The highest BCUT2D eigenvalue weighted by molar-refractivity contribution is 4.30. The second-order valence-electron chi connectivity index (χ2n) is 0.415. The van der Waals surface area contributed by atoms with Crippen molar-refractivity contribution in [1.29, 1.82) is 0 Å². The van der Waals surface area contributed by atoms with Gasteiger partial charge in [-0.1, -0.05) is 0 Å². The van der Waals surface area contributed by atoms with Crippen LogP contribution >= 0.6 is 0 Å². The topological polar surface area (TPSA) is 43.1 Å². The monoisotopic (exact) mass is 72.0 g/mol. The Hall–Kier alpha value is -0.860. The summed E-state index contributed by atoms with van der Waals surface area (Å²) in [6.07, 6.45) is 1.50. The van der Waals surface area contributed by atoms with Gasteiger partial charge in [0.15, 0.2) is 0 Å². The molecule has 0 atom stereocenters. The summed E-state index contributed by atoms with van der Waals surface area (Å²) in [6, 6.07) is 0. The molecular formula is C2H2NO2. The van der Waals surface area contributed by atoms with E-state index in [0.29, 0.717) is 0 Å². The average molecular weight is 72.0 g/mol. The molecule has 0 aromatic heterocycles. The zero-order chi connectivity index (χ0) is 4.28. The summed E-state index contributed by atoms with van der Waals surface area (Å²) < 4.78 is 0. The predicted octanol–water partition coefficient (Wildman–Crippen LogP) is 0.210. The first-order chi connectivity index (χ1) is 2.27. The van der Waals surface area contributed by atoms with Gasteiger partial charge < -0.3 is 0 Å². The number of nitro groups is 1. The van der Waals surface area contributed by atoms with Gasteiger partial charge in [-0.15, -0.1) is 0 Å². The molecule has 0 aromatic rings. The summed E-state index contributed by atoms with van der Waals surface area (Å²) in [5.41, 5.74) is 0. The fourth-order valence-corrected chi connectivity index (χ4v) is 0. The molecule has 0 unspecified atom stereocenters. The van der Waals surface area contributed by atoms with Gasteiger partial charge in [0.1, 0.15) is 0 Å². The van der Waals surface area contributed by atoms with Gasteiger partial charge in [-0.05, 0) is 6.58 Å². The fourth-order valence-electron chi connectivity index (χ4n) is 0. The molecule has 3 heteroatoms. The van der Waals surface area contributed by atoms with Gasteiger partial charge in [-0.3, -0.25) is 10.1 Å². The van der Waals surface area contributed by atoms with E-state index in [2.05, 4.69) is 6.58 Å². The van der Waals surface area contributed by atoms with Crippen LogP contribution < -0.4 is 0 Å². The molecule has 0 amide bonds. The molecule has 0 aromatic carbocycles. The largest absolute Gasteiger partial charge is 0.338 e. The van der Waals surface area contributed by atoms with E-state index < -0.39 is 4.92 Å². The predicted molar refractivity (Wildman–Crippen MR) is 15.9 cm³/mol. The van der Waals surface area contributed by atoms with Gasteiger partial charge in [0.05, 0.1) is 4.92 Å². The van der Waals surface area contributed by atoms with Crippen molar-refractivity contribution in [2.75, 3.05) is 0 Å². The fraction of sp³-hybridized carbons (Fsp3) is 0. The van der Waals surface area contributed by atoms with Crippen LogP contribution in [0.1, 0.15) is 0 Å². The van der Waals surface area contributed by atoms with E-state index in [0.717, 1.165) is 0 Å². The van der Waals surface area contributed by atoms with Crippen LogP contribution in [-0.2, 0) is 0 Å². The molecule has 0 aliphatic carbocycles. The Labute approximate surface area is 29.1 Å². The van der Waals surface area contributed by atoms with Crippen molar-refractivity contribution < 1.29 is 4.92 Å². The standard InChI is InChI=1S/C2H2NO2/c1-2-3(4)5/h1H2. The van der Waals surface area contributed by atoms with Crippen molar-refractivity contribution in [3.63, 3.8) is 0 Å². The van der Waals surface area contributed by atoms with E-state index in [1.807, 2.05) is 0 Å². The first kappa shape index (κ1) is 4.14. The lowest BCUT2D eigenvalue weighted by Crippen LogP contribution is -1.78. The van der Waals surface area contributed by atoms with Gasteiger partial charge in [-0.25, -0.2) is 0 Å².